The Hall–Kier alpha value is -2.33. The SMILES string of the molecule is Nc1ccc(F)cc1Nc1ccc(Cl)c2cccnc12. The number of pyridine rings is 1. The first-order valence-electron chi connectivity index (χ1n) is 6.00. The molecule has 0 bridgehead atoms. The van der Waals surface area contributed by atoms with Crippen LogP contribution in [-0.4, -0.2) is 4.98 Å². The molecule has 3 rings (SSSR count). The van der Waals surface area contributed by atoms with E-state index in [1.807, 2.05) is 12.1 Å². The third kappa shape index (κ3) is 2.26. The van der Waals surface area contributed by atoms with Gasteiger partial charge in [0.25, 0.3) is 0 Å². The number of halogens is 2. The largest absolute Gasteiger partial charge is 0.397 e. The first-order valence-corrected chi connectivity index (χ1v) is 6.38. The number of fused-ring (bicyclic) bond motifs is 1. The van der Waals surface area contributed by atoms with Gasteiger partial charge in [0, 0.05) is 11.6 Å². The first kappa shape index (κ1) is 12.7. The molecule has 0 fully saturated rings. The predicted octanol–water partition coefficient (Wildman–Crippen LogP) is 4.35. The highest BCUT2D eigenvalue weighted by atomic mass is 35.5. The standard InChI is InChI=1S/C15H11ClFN3/c16-11-4-6-13(15-10(11)2-1-7-19-15)20-14-8-9(17)3-5-12(14)18/h1-8,20H,18H2. The summed E-state index contributed by atoms with van der Waals surface area (Å²) < 4.78 is 13.3. The molecule has 1 aromatic heterocycles. The van der Waals surface area contributed by atoms with Gasteiger partial charge in [-0.1, -0.05) is 11.6 Å². The Morgan fingerprint density at radius 1 is 1.10 bits per heavy atom. The smallest absolute Gasteiger partial charge is 0.125 e. The van der Waals surface area contributed by atoms with Gasteiger partial charge in [-0.3, -0.25) is 4.98 Å². The highest BCUT2D eigenvalue weighted by Crippen LogP contribution is 2.31. The molecule has 1 heterocycles. The summed E-state index contributed by atoms with van der Waals surface area (Å²) in [6.45, 7) is 0. The van der Waals surface area contributed by atoms with E-state index in [1.165, 1.54) is 18.2 Å². The molecule has 0 aliphatic rings. The van der Waals surface area contributed by atoms with Crippen molar-refractivity contribution in [2.75, 3.05) is 11.1 Å². The quantitative estimate of drug-likeness (QED) is 0.689. The molecular formula is C15H11ClFN3. The van der Waals surface area contributed by atoms with E-state index in [9.17, 15) is 4.39 Å². The third-order valence-electron chi connectivity index (χ3n) is 3.00. The summed E-state index contributed by atoms with van der Waals surface area (Å²) in [5.74, 6) is -0.354. The van der Waals surface area contributed by atoms with Gasteiger partial charge >= 0.3 is 0 Å². The van der Waals surface area contributed by atoms with E-state index in [-0.39, 0.29) is 5.82 Å². The third-order valence-corrected chi connectivity index (χ3v) is 3.33. The van der Waals surface area contributed by atoms with E-state index >= 15 is 0 Å². The zero-order chi connectivity index (χ0) is 14.1. The van der Waals surface area contributed by atoms with Crippen molar-refractivity contribution >= 4 is 39.6 Å². The number of benzene rings is 2. The van der Waals surface area contributed by atoms with Crippen LogP contribution < -0.4 is 11.1 Å². The summed E-state index contributed by atoms with van der Waals surface area (Å²) in [7, 11) is 0. The van der Waals surface area contributed by atoms with Crippen molar-refractivity contribution in [2.24, 2.45) is 0 Å². The van der Waals surface area contributed by atoms with Crippen molar-refractivity contribution in [1.82, 2.24) is 4.98 Å². The van der Waals surface area contributed by atoms with Crippen molar-refractivity contribution in [3.05, 3.63) is 59.5 Å². The number of hydrogen-bond acceptors (Lipinski definition) is 3. The van der Waals surface area contributed by atoms with Crippen LogP contribution in [-0.2, 0) is 0 Å². The molecule has 5 heteroatoms. The number of nitrogens with one attached hydrogen (secondary N) is 1. The molecule has 3 nitrogen and oxygen atoms in total. The lowest BCUT2D eigenvalue weighted by molar-refractivity contribution is 0.628. The highest BCUT2D eigenvalue weighted by Gasteiger charge is 2.08. The fourth-order valence-corrected chi connectivity index (χ4v) is 2.24. The molecule has 0 aliphatic heterocycles. The molecule has 0 saturated heterocycles. The van der Waals surface area contributed by atoms with Crippen LogP contribution in [0.2, 0.25) is 5.02 Å². The summed E-state index contributed by atoms with van der Waals surface area (Å²) in [4.78, 5) is 4.31. The monoisotopic (exact) mass is 287 g/mol. The van der Waals surface area contributed by atoms with Crippen molar-refractivity contribution < 1.29 is 4.39 Å². The first-order chi connectivity index (χ1) is 9.65. The van der Waals surface area contributed by atoms with Crippen LogP contribution in [0.15, 0.2) is 48.7 Å². The number of nitrogen functional groups attached to an aromatic ring is 1. The maximum Gasteiger partial charge on any atom is 0.125 e. The number of nitrogens with zero attached hydrogens (tertiary/aromatic N) is 1. The van der Waals surface area contributed by atoms with E-state index in [4.69, 9.17) is 17.3 Å². The van der Waals surface area contributed by atoms with E-state index in [0.29, 0.717) is 21.9 Å². The average molecular weight is 288 g/mol. The van der Waals surface area contributed by atoms with Gasteiger partial charge in [-0.05, 0) is 42.5 Å². The van der Waals surface area contributed by atoms with Gasteiger partial charge < -0.3 is 11.1 Å². The summed E-state index contributed by atoms with van der Waals surface area (Å²) in [6, 6.07) is 11.4. The van der Waals surface area contributed by atoms with Crippen LogP contribution in [0.5, 0.6) is 0 Å². The van der Waals surface area contributed by atoms with Gasteiger partial charge in [0.1, 0.15) is 5.82 Å². The zero-order valence-corrected chi connectivity index (χ0v) is 11.2. The normalized spacial score (nSPS) is 10.7. The van der Waals surface area contributed by atoms with Crippen LogP contribution in [0.4, 0.5) is 21.5 Å². The number of anilines is 3. The van der Waals surface area contributed by atoms with E-state index in [1.54, 1.807) is 18.3 Å². The lowest BCUT2D eigenvalue weighted by Gasteiger charge is -2.12. The maximum absolute atomic E-state index is 13.3. The molecule has 20 heavy (non-hydrogen) atoms. The Morgan fingerprint density at radius 2 is 1.95 bits per heavy atom. The minimum absolute atomic E-state index is 0.354. The molecule has 0 saturated carbocycles. The maximum atomic E-state index is 13.3. The fraction of sp³-hybridized carbons (Fsp3) is 0. The summed E-state index contributed by atoms with van der Waals surface area (Å²) >= 11 is 6.14. The topological polar surface area (TPSA) is 50.9 Å². The highest BCUT2D eigenvalue weighted by molar-refractivity contribution is 6.35. The number of rotatable bonds is 2. The van der Waals surface area contributed by atoms with E-state index < -0.39 is 0 Å². The molecule has 3 N–H and O–H groups in total. The van der Waals surface area contributed by atoms with Gasteiger partial charge in [0.05, 0.1) is 27.6 Å². The zero-order valence-electron chi connectivity index (χ0n) is 10.4. The molecule has 100 valence electrons. The number of aromatic nitrogens is 1. The van der Waals surface area contributed by atoms with E-state index in [0.717, 1.165) is 11.1 Å². The number of nitrogens with two attached hydrogens (primary N) is 1. The molecule has 0 amide bonds. The van der Waals surface area contributed by atoms with Gasteiger partial charge in [-0.15, -0.1) is 0 Å². The summed E-state index contributed by atoms with van der Waals surface area (Å²) in [6.07, 6.45) is 1.68. The van der Waals surface area contributed by atoms with E-state index in [2.05, 4.69) is 10.3 Å². The second-order valence-electron chi connectivity index (χ2n) is 4.35. The Morgan fingerprint density at radius 3 is 2.80 bits per heavy atom. The van der Waals surface area contributed by atoms with Crippen molar-refractivity contribution in [2.45, 2.75) is 0 Å². The van der Waals surface area contributed by atoms with Crippen LogP contribution in [0.1, 0.15) is 0 Å². The minimum Gasteiger partial charge on any atom is -0.397 e. The van der Waals surface area contributed by atoms with Gasteiger partial charge in [-0.2, -0.15) is 0 Å². The minimum atomic E-state index is -0.354. The molecule has 0 spiro atoms. The van der Waals surface area contributed by atoms with Crippen LogP contribution in [0.25, 0.3) is 10.9 Å². The van der Waals surface area contributed by atoms with Crippen LogP contribution in [0.3, 0.4) is 0 Å². The van der Waals surface area contributed by atoms with Crippen molar-refractivity contribution in [3.8, 4) is 0 Å². The van der Waals surface area contributed by atoms with Gasteiger partial charge in [0.2, 0.25) is 0 Å². The predicted molar refractivity (Wildman–Crippen MR) is 80.8 cm³/mol. The fourth-order valence-electron chi connectivity index (χ4n) is 2.02. The molecule has 0 aliphatic carbocycles. The number of hydrogen-bond donors (Lipinski definition) is 2. The Kier molecular flexibility index (Phi) is 3.16. The van der Waals surface area contributed by atoms with Gasteiger partial charge in [0.15, 0.2) is 0 Å². The second kappa shape index (κ2) is 4.98. The molecule has 0 unspecified atom stereocenters. The van der Waals surface area contributed by atoms with Crippen molar-refractivity contribution in [3.63, 3.8) is 0 Å². The summed E-state index contributed by atoms with van der Waals surface area (Å²) in [5.41, 5.74) is 8.23. The Labute approximate surface area is 120 Å². The molecule has 0 radical (unpaired) electrons. The second-order valence-corrected chi connectivity index (χ2v) is 4.76. The molecular weight excluding hydrogens is 277 g/mol. The Balaban J connectivity index is 2.11. The van der Waals surface area contributed by atoms with Gasteiger partial charge in [-0.25, -0.2) is 4.39 Å². The lowest BCUT2D eigenvalue weighted by Crippen LogP contribution is -1.98. The van der Waals surface area contributed by atoms with Crippen molar-refractivity contribution in [1.29, 1.82) is 0 Å². The van der Waals surface area contributed by atoms with Crippen LogP contribution in [0, 0.1) is 5.82 Å². The summed E-state index contributed by atoms with van der Waals surface area (Å²) in [5, 5.41) is 4.54. The molecule has 0 atom stereocenters. The molecule has 2 aromatic carbocycles. The van der Waals surface area contributed by atoms with Crippen LogP contribution >= 0.6 is 11.6 Å². The average Bonchev–Trinajstić information content (AvgIpc) is 2.46. The Bertz CT molecular complexity index is 789. The lowest BCUT2D eigenvalue weighted by atomic mass is 10.1. The molecule has 3 aromatic rings.